The van der Waals surface area contributed by atoms with Crippen LogP contribution in [0.2, 0.25) is 0 Å². The minimum atomic E-state index is -0.550. The zero-order chi connectivity index (χ0) is 11.5. The number of halogens is 1. The molecule has 0 aromatic heterocycles. The van der Waals surface area contributed by atoms with Crippen LogP contribution in [0.1, 0.15) is 0 Å². The molecule has 1 aromatic carbocycles. The van der Waals surface area contributed by atoms with Gasteiger partial charge in [0.05, 0.1) is 0 Å². The fraction of sp³-hybridized carbons (Fsp3) is 0.500. The van der Waals surface area contributed by atoms with E-state index in [1.165, 1.54) is 5.69 Å². The van der Waals surface area contributed by atoms with Gasteiger partial charge in [0, 0.05) is 18.5 Å². The summed E-state index contributed by atoms with van der Waals surface area (Å²) in [5.41, 5.74) is 1.27. The van der Waals surface area contributed by atoms with E-state index in [0.717, 1.165) is 5.75 Å². The number of rotatable bonds is 4. The molecule has 0 N–H and O–H groups in total. The Bertz CT molecular complexity index is 294. The molecule has 0 aliphatic carbocycles. The number of anilines is 1. The van der Waals surface area contributed by atoms with Gasteiger partial charge in [-0.1, -0.05) is 29.8 Å². The highest BCUT2D eigenvalue weighted by Gasteiger charge is 2.17. The summed E-state index contributed by atoms with van der Waals surface area (Å²) in [5.74, 6) is 1.06. The first kappa shape index (κ1) is 12.7. The van der Waals surface area contributed by atoms with E-state index < -0.39 is 10.0 Å². The summed E-state index contributed by atoms with van der Waals surface area (Å²) < 4.78 is 0. The Kier molecular flexibility index (Phi) is 4.35. The Morgan fingerprint density at radius 3 is 2.20 bits per heavy atom. The summed E-state index contributed by atoms with van der Waals surface area (Å²) in [6, 6.07) is 10.3. The van der Waals surface area contributed by atoms with Gasteiger partial charge in [-0.05, 0) is 30.9 Å². The van der Waals surface area contributed by atoms with Crippen LogP contribution >= 0.6 is 21.6 Å². The van der Waals surface area contributed by atoms with Gasteiger partial charge in [0.15, 0.2) is 0 Å². The largest absolute Gasteiger partial charge is 0.358 e. The fourth-order valence-corrected chi connectivity index (χ4v) is 3.64. The molecule has 1 unspecified atom stereocenters. The van der Waals surface area contributed by atoms with E-state index in [2.05, 4.69) is 42.8 Å². The van der Waals surface area contributed by atoms with E-state index in [1.54, 1.807) is 0 Å². The van der Waals surface area contributed by atoms with E-state index in [-0.39, 0.29) is 5.50 Å². The maximum absolute atomic E-state index is 6.40. The second kappa shape index (κ2) is 5.13. The highest BCUT2D eigenvalue weighted by Crippen LogP contribution is 2.37. The molecule has 0 spiro atoms. The van der Waals surface area contributed by atoms with Gasteiger partial charge >= 0.3 is 0 Å². The lowest BCUT2D eigenvalue weighted by Gasteiger charge is -2.33. The third kappa shape index (κ3) is 4.35. The molecule has 0 fully saturated rings. The Hall–Kier alpha value is -0.340. The van der Waals surface area contributed by atoms with Crippen molar-refractivity contribution in [3.05, 3.63) is 30.3 Å². The molecule has 0 amide bonds. The molecule has 1 aromatic rings. The van der Waals surface area contributed by atoms with Crippen LogP contribution in [0.25, 0.3) is 0 Å². The van der Waals surface area contributed by atoms with Gasteiger partial charge in [0.25, 0.3) is 0 Å². The molecule has 0 saturated heterocycles. The van der Waals surface area contributed by atoms with E-state index in [4.69, 9.17) is 11.6 Å². The molecule has 0 heterocycles. The lowest BCUT2D eigenvalue weighted by atomic mass is 10.3. The van der Waals surface area contributed by atoms with Crippen molar-refractivity contribution in [2.24, 2.45) is 0 Å². The highest BCUT2D eigenvalue weighted by molar-refractivity contribution is 8.32. The topological polar surface area (TPSA) is 3.24 Å². The van der Waals surface area contributed by atoms with Gasteiger partial charge in [-0.25, -0.2) is 10.0 Å². The zero-order valence-electron chi connectivity index (χ0n) is 9.90. The number of para-hydroxylation sites is 1. The molecule has 3 heteroatoms. The monoisotopic (exact) mass is 245 g/mol. The van der Waals surface area contributed by atoms with Crippen LogP contribution in [-0.2, 0) is 0 Å². The maximum atomic E-state index is 6.40. The summed E-state index contributed by atoms with van der Waals surface area (Å²) in [6.07, 6.45) is 6.88. The van der Waals surface area contributed by atoms with Crippen LogP contribution in [0, 0.1) is 0 Å². The molecule has 15 heavy (non-hydrogen) atoms. The van der Waals surface area contributed by atoms with Crippen molar-refractivity contribution in [3.8, 4) is 0 Å². The average Bonchev–Trinajstić information content (AvgIpc) is 2.15. The third-order valence-corrected chi connectivity index (χ3v) is 4.17. The summed E-state index contributed by atoms with van der Waals surface area (Å²) >= 11 is 6.40. The number of hydrogen-bond donors (Lipinski definition) is 0. The van der Waals surface area contributed by atoms with Crippen molar-refractivity contribution in [1.29, 1.82) is 0 Å². The van der Waals surface area contributed by atoms with Crippen molar-refractivity contribution in [2.75, 3.05) is 36.5 Å². The summed E-state index contributed by atoms with van der Waals surface area (Å²) in [5, 5.41) is 0. The Balaban J connectivity index is 2.65. The molecular formula is C12H20ClNS. The van der Waals surface area contributed by atoms with Crippen molar-refractivity contribution >= 4 is 27.3 Å². The Labute approximate surface area is 99.7 Å². The van der Waals surface area contributed by atoms with E-state index in [1.807, 2.05) is 18.2 Å². The molecule has 0 aliphatic rings. The average molecular weight is 246 g/mol. The molecule has 1 atom stereocenters. The summed E-state index contributed by atoms with van der Waals surface area (Å²) in [4.78, 5) is 2.14. The van der Waals surface area contributed by atoms with Gasteiger partial charge in [0.1, 0.15) is 5.50 Å². The van der Waals surface area contributed by atoms with Gasteiger partial charge in [-0.15, -0.1) is 0 Å². The molecule has 0 radical (unpaired) electrons. The predicted octanol–water partition coefficient (Wildman–Crippen LogP) is 3.38. The summed E-state index contributed by atoms with van der Waals surface area (Å²) in [6.45, 7) is 0. The van der Waals surface area contributed by atoms with E-state index >= 15 is 0 Å². The quantitative estimate of drug-likeness (QED) is 0.581. The first-order valence-corrected chi connectivity index (χ1v) is 8.44. The minimum absolute atomic E-state index is 0.0856. The fourth-order valence-electron chi connectivity index (χ4n) is 1.35. The first-order chi connectivity index (χ1) is 6.90. The van der Waals surface area contributed by atoms with Crippen molar-refractivity contribution < 1.29 is 0 Å². The number of hydrogen-bond acceptors (Lipinski definition) is 1. The van der Waals surface area contributed by atoms with Gasteiger partial charge in [-0.2, -0.15) is 0 Å². The molecular weight excluding hydrogens is 226 g/mol. The highest BCUT2D eigenvalue weighted by atomic mass is 35.5. The zero-order valence-corrected chi connectivity index (χ0v) is 11.5. The third-order valence-electron chi connectivity index (χ3n) is 2.22. The number of nitrogens with zero attached hydrogens (tertiary/aromatic N) is 1. The first-order valence-electron chi connectivity index (χ1n) is 4.98. The predicted molar refractivity (Wildman–Crippen MR) is 74.7 cm³/mol. The lowest BCUT2D eigenvalue weighted by molar-refractivity contribution is 0.904. The van der Waals surface area contributed by atoms with E-state index in [9.17, 15) is 0 Å². The minimum Gasteiger partial charge on any atom is -0.358 e. The van der Waals surface area contributed by atoms with Crippen LogP contribution in [0.3, 0.4) is 0 Å². The molecule has 86 valence electrons. The van der Waals surface area contributed by atoms with Crippen molar-refractivity contribution in [3.63, 3.8) is 0 Å². The maximum Gasteiger partial charge on any atom is 0.111 e. The van der Waals surface area contributed by atoms with Crippen molar-refractivity contribution in [2.45, 2.75) is 5.50 Å². The Morgan fingerprint density at radius 2 is 1.73 bits per heavy atom. The second-order valence-electron chi connectivity index (χ2n) is 4.64. The van der Waals surface area contributed by atoms with Crippen LogP contribution in [0.5, 0.6) is 0 Å². The van der Waals surface area contributed by atoms with Crippen LogP contribution in [0.4, 0.5) is 5.69 Å². The lowest BCUT2D eigenvalue weighted by Crippen LogP contribution is -2.31. The van der Waals surface area contributed by atoms with Crippen molar-refractivity contribution in [1.82, 2.24) is 0 Å². The molecule has 0 bridgehead atoms. The van der Waals surface area contributed by atoms with Gasteiger partial charge < -0.3 is 4.90 Å². The van der Waals surface area contributed by atoms with Crippen LogP contribution in [-0.4, -0.2) is 37.1 Å². The SMILES string of the molecule is CN(c1ccccc1)C(Cl)CS(C)(C)C. The molecule has 0 aliphatic heterocycles. The van der Waals surface area contributed by atoms with Gasteiger partial charge in [-0.3, -0.25) is 0 Å². The summed E-state index contributed by atoms with van der Waals surface area (Å²) in [7, 11) is 1.50. The smallest absolute Gasteiger partial charge is 0.111 e. The normalized spacial score (nSPS) is 14.7. The number of benzene rings is 1. The van der Waals surface area contributed by atoms with Crippen LogP contribution < -0.4 is 4.90 Å². The second-order valence-corrected chi connectivity index (χ2v) is 9.66. The molecule has 1 rings (SSSR count). The molecule has 0 saturated carbocycles. The number of alkyl halides is 1. The van der Waals surface area contributed by atoms with E-state index in [0.29, 0.717) is 0 Å². The van der Waals surface area contributed by atoms with Gasteiger partial charge in [0.2, 0.25) is 0 Å². The molecule has 1 nitrogen and oxygen atoms in total. The Morgan fingerprint density at radius 1 is 1.20 bits per heavy atom. The standard InChI is InChI=1S/C12H20ClNS/c1-14(11-8-6-5-7-9-11)12(13)10-15(2,3)4/h5-9,12H,10H2,1-4H3. The van der Waals surface area contributed by atoms with Crippen LogP contribution in [0.15, 0.2) is 30.3 Å².